The van der Waals surface area contributed by atoms with E-state index in [-0.39, 0.29) is 24.8 Å². The molecule has 0 aliphatic heterocycles. The summed E-state index contributed by atoms with van der Waals surface area (Å²) in [6.07, 6.45) is 2.79. The average molecular weight is 134 g/mol. The fourth-order valence-corrected chi connectivity index (χ4v) is 0.941. The van der Waals surface area contributed by atoms with Gasteiger partial charge in [-0.25, -0.2) is 0 Å². The molecule has 0 spiro atoms. The van der Waals surface area contributed by atoms with Crippen molar-refractivity contribution in [2.45, 2.75) is 33.1 Å². The van der Waals surface area contributed by atoms with E-state index in [1.165, 1.54) is 0 Å². The van der Waals surface area contributed by atoms with Crippen molar-refractivity contribution >= 4 is 5.78 Å². The molecule has 1 nitrogen and oxygen atoms in total. The van der Waals surface area contributed by atoms with Gasteiger partial charge in [-0.1, -0.05) is 13.3 Å². The summed E-state index contributed by atoms with van der Waals surface area (Å²) in [5, 5.41) is 0. The zero-order valence-corrected chi connectivity index (χ0v) is 7.31. The summed E-state index contributed by atoms with van der Waals surface area (Å²) in [4.78, 5) is 10.7. The maximum Gasteiger partial charge on any atom is 1.00 e. The standard InChI is InChI=1S/C8H15O.Li/c1-4-6-8(5-2)7(3)9;/h8H,1,4-6H2,2-3H3;/q-1;+1. The number of carbonyl (C=O) groups excluding carboxylic acids is 1. The Morgan fingerprint density at radius 1 is 1.60 bits per heavy atom. The molecule has 0 heterocycles. The molecule has 0 N–H and O–H groups in total. The van der Waals surface area contributed by atoms with Crippen LogP contribution >= 0.6 is 0 Å². The number of hydrogen-bond acceptors (Lipinski definition) is 1. The molecule has 0 saturated carbocycles. The largest absolute Gasteiger partial charge is 1.00 e. The number of hydrogen-bond donors (Lipinski definition) is 0. The zero-order valence-electron chi connectivity index (χ0n) is 7.31. The van der Waals surface area contributed by atoms with E-state index >= 15 is 0 Å². The average Bonchev–Trinajstić information content (AvgIpc) is 1.82. The second-order valence-corrected chi connectivity index (χ2v) is 2.36. The molecule has 1 atom stereocenters. The second kappa shape index (κ2) is 7.38. The van der Waals surface area contributed by atoms with E-state index < -0.39 is 0 Å². The molecule has 0 saturated heterocycles. The minimum atomic E-state index is 0. The zero-order chi connectivity index (χ0) is 7.28. The van der Waals surface area contributed by atoms with Crippen molar-refractivity contribution in [3.8, 4) is 0 Å². The third-order valence-corrected chi connectivity index (χ3v) is 1.62. The van der Waals surface area contributed by atoms with Crippen LogP contribution in [0, 0.1) is 12.8 Å². The van der Waals surface area contributed by atoms with Crippen LogP contribution in [-0.2, 0) is 4.79 Å². The van der Waals surface area contributed by atoms with Gasteiger partial charge in [-0.05, 0) is 13.3 Å². The summed E-state index contributed by atoms with van der Waals surface area (Å²) < 4.78 is 0. The van der Waals surface area contributed by atoms with Gasteiger partial charge in [-0.2, -0.15) is 6.42 Å². The van der Waals surface area contributed by atoms with Crippen LogP contribution in [0.5, 0.6) is 0 Å². The molecule has 2 heteroatoms. The molecule has 0 aliphatic carbocycles. The van der Waals surface area contributed by atoms with E-state index in [0.717, 1.165) is 19.3 Å². The predicted octanol–water partition coefficient (Wildman–Crippen LogP) is -0.780. The quantitative estimate of drug-likeness (QED) is 0.364. The molecular weight excluding hydrogens is 119 g/mol. The molecule has 54 valence electrons. The van der Waals surface area contributed by atoms with Gasteiger partial charge in [-0.3, -0.25) is 4.79 Å². The fraction of sp³-hybridized carbons (Fsp3) is 0.750. The van der Waals surface area contributed by atoms with Crippen LogP contribution in [-0.4, -0.2) is 5.78 Å². The first-order valence-corrected chi connectivity index (χ1v) is 3.52. The van der Waals surface area contributed by atoms with E-state index in [9.17, 15) is 4.79 Å². The molecule has 0 rings (SSSR count). The molecule has 1 unspecified atom stereocenters. The number of carbonyl (C=O) groups is 1. The van der Waals surface area contributed by atoms with E-state index in [4.69, 9.17) is 0 Å². The molecule has 10 heavy (non-hydrogen) atoms. The third kappa shape index (κ3) is 5.08. The first kappa shape index (κ1) is 12.9. The van der Waals surface area contributed by atoms with Gasteiger partial charge in [0.15, 0.2) is 0 Å². The molecule has 0 bridgehead atoms. The molecule has 0 aromatic heterocycles. The van der Waals surface area contributed by atoms with Gasteiger partial charge in [0, 0.05) is 5.92 Å². The predicted molar refractivity (Wildman–Crippen MR) is 39.1 cm³/mol. The van der Waals surface area contributed by atoms with Gasteiger partial charge in [0.2, 0.25) is 0 Å². The van der Waals surface area contributed by atoms with Crippen molar-refractivity contribution in [1.29, 1.82) is 0 Å². The van der Waals surface area contributed by atoms with Crippen LogP contribution in [0.15, 0.2) is 0 Å². The summed E-state index contributed by atoms with van der Waals surface area (Å²) in [6, 6.07) is 0. The summed E-state index contributed by atoms with van der Waals surface area (Å²) >= 11 is 0. The monoisotopic (exact) mass is 134 g/mol. The Morgan fingerprint density at radius 2 is 2.10 bits per heavy atom. The van der Waals surface area contributed by atoms with Crippen LogP contribution in [0.2, 0.25) is 0 Å². The summed E-state index contributed by atoms with van der Waals surface area (Å²) in [6.45, 7) is 7.40. The smallest absolute Gasteiger partial charge is 0.343 e. The van der Waals surface area contributed by atoms with Gasteiger partial charge in [-0.15, -0.1) is 0 Å². The molecule has 0 radical (unpaired) electrons. The van der Waals surface area contributed by atoms with Crippen LogP contribution in [0.3, 0.4) is 0 Å². The third-order valence-electron chi connectivity index (χ3n) is 1.62. The Labute approximate surface area is 75.8 Å². The summed E-state index contributed by atoms with van der Waals surface area (Å²) in [5.41, 5.74) is 0. The van der Waals surface area contributed by atoms with Gasteiger partial charge >= 0.3 is 18.9 Å². The minimum absolute atomic E-state index is 0. The topological polar surface area (TPSA) is 17.1 Å². The van der Waals surface area contributed by atoms with Gasteiger partial charge < -0.3 is 6.92 Å². The van der Waals surface area contributed by atoms with Crippen molar-refractivity contribution in [1.82, 2.24) is 0 Å². The van der Waals surface area contributed by atoms with E-state index in [1.807, 2.05) is 6.92 Å². The normalized spacial score (nSPS) is 11.9. The van der Waals surface area contributed by atoms with Crippen molar-refractivity contribution in [2.75, 3.05) is 0 Å². The van der Waals surface area contributed by atoms with Crippen LogP contribution < -0.4 is 18.9 Å². The number of ketones is 1. The summed E-state index contributed by atoms with van der Waals surface area (Å²) in [5.74, 6) is 0.573. The van der Waals surface area contributed by atoms with Crippen LogP contribution in [0.4, 0.5) is 0 Å². The SMILES string of the molecule is [CH2-]CCC(CC)C(C)=O.[Li+]. The Kier molecular flexibility index (Phi) is 9.52. The Hall–Kier alpha value is 0.267. The van der Waals surface area contributed by atoms with Gasteiger partial charge in [0.25, 0.3) is 0 Å². The molecule has 0 aromatic rings. The maximum absolute atomic E-state index is 10.7. The second-order valence-electron chi connectivity index (χ2n) is 2.36. The van der Waals surface area contributed by atoms with Crippen molar-refractivity contribution in [3.63, 3.8) is 0 Å². The van der Waals surface area contributed by atoms with E-state index in [0.29, 0.717) is 5.78 Å². The first-order valence-electron chi connectivity index (χ1n) is 3.52. The fourth-order valence-electron chi connectivity index (χ4n) is 0.941. The maximum atomic E-state index is 10.7. The first-order chi connectivity index (χ1) is 4.22. The van der Waals surface area contributed by atoms with Crippen LogP contribution in [0.25, 0.3) is 0 Å². The summed E-state index contributed by atoms with van der Waals surface area (Å²) in [7, 11) is 0. The van der Waals surface area contributed by atoms with Crippen molar-refractivity contribution < 1.29 is 23.7 Å². The Balaban J connectivity index is 0. The van der Waals surface area contributed by atoms with E-state index in [2.05, 4.69) is 6.92 Å². The van der Waals surface area contributed by atoms with Gasteiger partial charge in [0.05, 0.1) is 0 Å². The number of Topliss-reactive ketones (excluding diaryl/α,β-unsaturated/α-hetero) is 1. The van der Waals surface area contributed by atoms with Crippen molar-refractivity contribution in [2.24, 2.45) is 5.92 Å². The Morgan fingerprint density at radius 3 is 2.20 bits per heavy atom. The molecule has 0 aliphatic rings. The number of rotatable bonds is 4. The molecule has 0 fully saturated rings. The van der Waals surface area contributed by atoms with E-state index in [1.54, 1.807) is 6.92 Å². The molecule has 0 aromatic carbocycles. The van der Waals surface area contributed by atoms with Gasteiger partial charge in [0.1, 0.15) is 5.78 Å². The van der Waals surface area contributed by atoms with Crippen molar-refractivity contribution in [3.05, 3.63) is 6.92 Å². The minimum Gasteiger partial charge on any atom is -0.343 e. The Bertz CT molecular complexity index is 91.3. The molecule has 0 amide bonds. The molecular formula is C8H15LiO. The van der Waals surface area contributed by atoms with Crippen LogP contribution in [0.1, 0.15) is 33.1 Å².